The number of nitro groups is 1. The minimum atomic E-state index is -0.954. The number of halogens is 2. The fourth-order valence-electron chi connectivity index (χ4n) is 0.554. The maximum atomic E-state index is 10.2. The normalized spacial score (nSPS) is 23.3. The van der Waals surface area contributed by atoms with Crippen LogP contribution in [0.3, 0.4) is 0 Å². The molecule has 0 fully saturated rings. The van der Waals surface area contributed by atoms with Crippen molar-refractivity contribution in [1.29, 1.82) is 0 Å². The second kappa shape index (κ2) is 3.06. The number of alkyl halides is 1. The second-order valence-electron chi connectivity index (χ2n) is 1.76. The summed E-state index contributed by atoms with van der Waals surface area (Å²) in [5.41, 5.74) is -1.19. The Hall–Kier alpha value is -0.810. The van der Waals surface area contributed by atoms with Gasteiger partial charge in [0.15, 0.2) is 0 Å². The highest BCUT2D eigenvalue weighted by Crippen LogP contribution is 2.19. The zero-order valence-electron chi connectivity index (χ0n) is 5.15. The van der Waals surface area contributed by atoms with Gasteiger partial charge in [-0.2, -0.15) is 0 Å². The molecule has 1 aliphatic rings. The van der Waals surface area contributed by atoms with E-state index in [0.717, 1.165) is 10.6 Å². The third kappa shape index (κ3) is 1.61. The van der Waals surface area contributed by atoms with Gasteiger partial charge in [0.1, 0.15) is 12.5 Å². The quantitative estimate of drug-likeness (QED) is 0.208. The minimum Gasteiger partial charge on any atom is -0.258 e. The van der Waals surface area contributed by atoms with Gasteiger partial charge in [-0.25, -0.2) is 9.41 Å². The fraction of sp³-hybridized carbons (Fsp3) is 0.250. The van der Waals surface area contributed by atoms with Crippen molar-refractivity contribution in [3.8, 4) is 0 Å². The Morgan fingerprint density at radius 3 is 2.91 bits per heavy atom. The van der Waals surface area contributed by atoms with Crippen molar-refractivity contribution in [2.75, 3.05) is 0 Å². The Bertz CT molecular complexity index is 239. The van der Waals surface area contributed by atoms with E-state index in [4.69, 9.17) is 23.4 Å². The first-order valence-corrected chi connectivity index (χ1v) is 3.36. The van der Waals surface area contributed by atoms with Crippen LogP contribution in [-0.4, -0.2) is 21.2 Å². The molecule has 0 aromatic rings. The van der Waals surface area contributed by atoms with Crippen molar-refractivity contribution in [1.82, 2.24) is 4.42 Å². The molecule has 1 atom stereocenters. The van der Waals surface area contributed by atoms with Crippen LogP contribution in [0.5, 0.6) is 0 Å². The maximum Gasteiger partial charge on any atom is 0.303 e. The number of aliphatic imine (C=N–C) groups is 1. The van der Waals surface area contributed by atoms with Crippen molar-refractivity contribution < 1.29 is 4.92 Å². The summed E-state index contributed by atoms with van der Waals surface area (Å²) in [7, 11) is 0. The topological polar surface area (TPSA) is 58.7 Å². The second-order valence-corrected chi connectivity index (χ2v) is 2.56. The molecule has 0 saturated carbocycles. The molecule has 5 nitrogen and oxygen atoms in total. The van der Waals surface area contributed by atoms with Crippen LogP contribution < -0.4 is 0 Å². The Morgan fingerprint density at radius 1 is 1.82 bits per heavy atom. The van der Waals surface area contributed by atoms with Gasteiger partial charge in [-0.05, 0) is 0 Å². The highest BCUT2D eigenvalue weighted by Gasteiger charge is 2.28. The van der Waals surface area contributed by atoms with Gasteiger partial charge in [-0.15, -0.1) is 0 Å². The average Bonchev–Trinajstić information content (AvgIpc) is 1.94. The van der Waals surface area contributed by atoms with Gasteiger partial charge in [0.05, 0.1) is 4.92 Å². The highest BCUT2D eigenvalue weighted by molar-refractivity contribution is 6.29. The number of rotatable bonds is 1. The highest BCUT2D eigenvalue weighted by atomic mass is 35.5. The van der Waals surface area contributed by atoms with E-state index in [0.29, 0.717) is 0 Å². The van der Waals surface area contributed by atoms with Crippen molar-refractivity contribution in [3.63, 3.8) is 0 Å². The molecule has 1 rings (SSSR count). The first-order valence-electron chi connectivity index (χ1n) is 2.59. The first-order chi connectivity index (χ1) is 5.13. The van der Waals surface area contributed by atoms with Crippen LogP contribution >= 0.6 is 23.4 Å². The molecule has 1 unspecified atom stereocenters. The van der Waals surface area contributed by atoms with E-state index in [-0.39, 0.29) is 5.70 Å². The number of hydrogen-bond donors (Lipinski definition) is 0. The van der Waals surface area contributed by atoms with E-state index >= 15 is 0 Å². The third-order valence-corrected chi connectivity index (χ3v) is 1.87. The molecule has 0 radical (unpaired) electrons. The molecule has 0 aliphatic carbocycles. The summed E-state index contributed by atoms with van der Waals surface area (Å²) in [6.45, 7) is 0. The van der Waals surface area contributed by atoms with Crippen LogP contribution in [-0.2, 0) is 0 Å². The molecule has 7 heteroatoms. The Balaban J connectivity index is 2.87. The molecule has 0 bridgehead atoms. The van der Waals surface area contributed by atoms with E-state index in [9.17, 15) is 10.1 Å². The lowest BCUT2D eigenvalue weighted by Crippen LogP contribution is -2.28. The average molecular weight is 196 g/mol. The number of hydrogen-bond acceptors (Lipinski definition) is 4. The van der Waals surface area contributed by atoms with Gasteiger partial charge in [0, 0.05) is 11.8 Å². The van der Waals surface area contributed by atoms with E-state index < -0.39 is 10.4 Å². The third-order valence-electron chi connectivity index (χ3n) is 1.06. The summed E-state index contributed by atoms with van der Waals surface area (Å²) in [5, 5.41) is 10.2. The van der Waals surface area contributed by atoms with Crippen LogP contribution in [0.2, 0.25) is 0 Å². The molecular formula is C4H3Cl2N3O2. The summed E-state index contributed by atoms with van der Waals surface area (Å²) in [5.74, 6) is 0. The van der Waals surface area contributed by atoms with Gasteiger partial charge in [-0.3, -0.25) is 10.1 Å². The summed E-state index contributed by atoms with van der Waals surface area (Å²) in [6, 6.07) is 0. The van der Waals surface area contributed by atoms with E-state index in [1.165, 1.54) is 6.34 Å². The van der Waals surface area contributed by atoms with E-state index in [1.54, 1.807) is 0 Å². The molecule has 0 saturated heterocycles. The lowest BCUT2D eigenvalue weighted by atomic mass is 10.4. The molecule has 0 aromatic carbocycles. The smallest absolute Gasteiger partial charge is 0.258 e. The molecule has 0 spiro atoms. The predicted molar refractivity (Wildman–Crippen MR) is 40.9 cm³/mol. The molecule has 0 aromatic heterocycles. The standard InChI is InChI=1S/C4H3Cl2N3O2/c5-4-3(9(10)11)1-7-2-8(4)6/h1-2,4H. The van der Waals surface area contributed by atoms with Crippen molar-refractivity contribution in [2.24, 2.45) is 4.99 Å². The fourth-order valence-corrected chi connectivity index (χ4v) is 0.891. The van der Waals surface area contributed by atoms with Crippen LogP contribution in [0.4, 0.5) is 0 Å². The summed E-state index contributed by atoms with van der Waals surface area (Å²) in [6.07, 6.45) is 2.27. The Morgan fingerprint density at radius 2 is 2.45 bits per heavy atom. The lowest BCUT2D eigenvalue weighted by Gasteiger charge is -2.15. The lowest BCUT2D eigenvalue weighted by molar-refractivity contribution is -0.429. The van der Waals surface area contributed by atoms with Crippen molar-refractivity contribution >= 4 is 29.7 Å². The summed E-state index contributed by atoms with van der Waals surface area (Å²) < 4.78 is 0.930. The summed E-state index contributed by atoms with van der Waals surface area (Å²) in [4.78, 5) is 13.1. The van der Waals surface area contributed by atoms with Crippen LogP contribution in [0.25, 0.3) is 0 Å². The zero-order valence-corrected chi connectivity index (χ0v) is 6.66. The van der Waals surface area contributed by atoms with Crippen molar-refractivity contribution in [3.05, 3.63) is 22.0 Å². The molecule has 60 valence electrons. The Labute approximate surface area is 72.2 Å². The van der Waals surface area contributed by atoms with E-state index in [2.05, 4.69) is 4.99 Å². The van der Waals surface area contributed by atoms with Gasteiger partial charge in [0.25, 0.3) is 0 Å². The largest absolute Gasteiger partial charge is 0.303 e. The molecule has 1 aliphatic heterocycles. The monoisotopic (exact) mass is 195 g/mol. The molecule has 0 amide bonds. The van der Waals surface area contributed by atoms with Crippen molar-refractivity contribution in [2.45, 2.75) is 5.50 Å². The minimum absolute atomic E-state index is 0.232. The first kappa shape index (κ1) is 8.29. The Kier molecular flexibility index (Phi) is 2.31. The van der Waals surface area contributed by atoms with Gasteiger partial charge < -0.3 is 0 Å². The molecule has 0 N–H and O–H groups in total. The van der Waals surface area contributed by atoms with Gasteiger partial charge in [-0.1, -0.05) is 11.6 Å². The SMILES string of the molecule is O=[N+]([O-])C1=CN=CN(Cl)C1Cl. The number of nitrogens with zero attached hydrogens (tertiary/aromatic N) is 3. The van der Waals surface area contributed by atoms with E-state index in [1.807, 2.05) is 0 Å². The van der Waals surface area contributed by atoms with Crippen LogP contribution in [0, 0.1) is 10.1 Å². The molecule has 1 heterocycles. The van der Waals surface area contributed by atoms with Gasteiger partial charge >= 0.3 is 5.70 Å². The van der Waals surface area contributed by atoms with Gasteiger partial charge in [0.2, 0.25) is 5.50 Å². The molecular weight excluding hydrogens is 193 g/mol. The predicted octanol–water partition coefficient (Wildman–Crippen LogP) is 1.17. The summed E-state index contributed by atoms with van der Waals surface area (Å²) >= 11 is 10.9. The maximum absolute atomic E-state index is 10.2. The zero-order chi connectivity index (χ0) is 8.43. The van der Waals surface area contributed by atoms with Crippen LogP contribution in [0.1, 0.15) is 0 Å². The molecule has 11 heavy (non-hydrogen) atoms. The van der Waals surface area contributed by atoms with Crippen LogP contribution in [0.15, 0.2) is 16.9 Å².